The lowest BCUT2D eigenvalue weighted by atomic mass is 9.98. The first-order chi connectivity index (χ1) is 21.3. The van der Waals surface area contributed by atoms with E-state index in [1.807, 2.05) is 62.0 Å². The summed E-state index contributed by atoms with van der Waals surface area (Å²) >= 11 is 1.48. The van der Waals surface area contributed by atoms with Gasteiger partial charge in [-0.05, 0) is 42.8 Å². The Hall–Kier alpha value is -3.91. The van der Waals surface area contributed by atoms with Crippen LogP contribution in [0, 0.1) is 11.8 Å². The average molecular weight is 648 g/mol. The fourth-order valence-corrected chi connectivity index (χ4v) is 5.32. The maximum atomic E-state index is 13.5. The topological polar surface area (TPSA) is 200 Å². The minimum atomic E-state index is -1.15. The molecule has 0 spiro atoms. The number of carbonyl (C=O) groups excluding carboxylic acids is 2. The number of thioether (sulfide) groups is 1. The largest absolute Gasteiger partial charge is 0.481 e. The van der Waals surface area contributed by atoms with E-state index >= 15 is 0 Å². The Kier molecular flexibility index (Phi) is 15.6. The molecule has 0 aliphatic rings. The van der Waals surface area contributed by atoms with Crippen LogP contribution in [0.1, 0.15) is 56.6 Å². The van der Waals surface area contributed by atoms with Gasteiger partial charge in [0.05, 0.1) is 24.1 Å². The molecule has 1 aromatic carbocycles. The van der Waals surface area contributed by atoms with Gasteiger partial charge in [0.1, 0.15) is 17.9 Å². The molecule has 248 valence electrons. The van der Waals surface area contributed by atoms with Gasteiger partial charge in [-0.25, -0.2) is 9.78 Å². The number of hydrogen-bond donors (Lipinski definition) is 6. The summed E-state index contributed by atoms with van der Waals surface area (Å²) in [5.74, 6) is -4.28. The van der Waals surface area contributed by atoms with Gasteiger partial charge in [0.25, 0.3) is 0 Å². The zero-order valence-electron chi connectivity index (χ0n) is 26.2. The van der Waals surface area contributed by atoms with Crippen LogP contribution in [0.3, 0.4) is 0 Å². The number of benzene rings is 1. The van der Waals surface area contributed by atoms with Crippen LogP contribution in [0.25, 0.3) is 0 Å². The third-order valence-electron chi connectivity index (χ3n) is 7.50. The molecule has 2 amide bonds. The lowest BCUT2D eigenvalue weighted by molar-refractivity contribution is -0.148. The van der Waals surface area contributed by atoms with Crippen LogP contribution in [0.4, 0.5) is 0 Å². The van der Waals surface area contributed by atoms with Crippen molar-refractivity contribution in [1.82, 2.24) is 25.5 Å². The molecule has 4 atom stereocenters. The van der Waals surface area contributed by atoms with E-state index < -0.39 is 60.2 Å². The molecule has 0 fully saturated rings. The molecule has 6 N–H and O–H groups in total. The molecule has 14 heteroatoms. The SMILES string of the molecule is CSCC[C@H](NC(=O)[C@H](Cc1ccccc1)NC(=O)[C@@H](NCc1cnc(CCCC(CC(=O)O)C(=O)O)n1C)C(C)C)C(=O)O. The smallest absolute Gasteiger partial charge is 0.326 e. The molecule has 0 aliphatic carbocycles. The van der Waals surface area contributed by atoms with Crippen LogP contribution in [-0.4, -0.2) is 84.7 Å². The quantitative estimate of drug-likeness (QED) is 0.116. The van der Waals surface area contributed by atoms with Gasteiger partial charge >= 0.3 is 17.9 Å². The normalized spacial score (nSPS) is 13.9. The van der Waals surface area contributed by atoms with Crippen molar-refractivity contribution in [2.24, 2.45) is 18.9 Å². The molecule has 0 bridgehead atoms. The highest BCUT2D eigenvalue weighted by Gasteiger charge is 2.30. The maximum Gasteiger partial charge on any atom is 0.326 e. The molecular weight excluding hydrogens is 602 g/mol. The van der Waals surface area contributed by atoms with Gasteiger partial charge in [-0.2, -0.15) is 11.8 Å². The zero-order chi connectivity index (χ0) is 33.5. The molecular formula is C31H45N5O8S. The van der Waals surface area contributed by atoms with Gasteiger partial charge in [-0.15, -0.1) is 0 Å². The second-order valence-electron chi connectivity index (χ2n) is 11.3. The molecule has 1 heterocycles. The molecule has 0 saturated heterocycles. The van der Waals surface area contributed by atoms with Crippen LogP contribution in [0.2, 0.25) is 0 Å². The molecule has 0 radical (unpaired) electrons. The second kappa shape index (κ2) is 18.8. The third-order valence-corrected chi connectivity index (χ3v) is 8.14. The van der Waals surface area contributed by atoms with Crippen LogP contribution >= 0.6 is 11.8 Å². The number of carboxylic acids is 3. The second-order valence-corrected chi connectivity index (χ2v) is 12.3. The number of imidazole rings is 1. The van der Waals surface area contributed by atoms with Gasteiger partial charge < -0.3 is 30.5 Å². The predicted octanol–water partition coefficient (Wildman–Crippen LogP) is 2.08. The van der Waals surface area contributed by atoms with Crippen molar-refractivity contribution in [3.8, 4) is 0 Å². The predicted molar refractivity (Wildman–Crippen MR) is 170 cm³/mol. The summed E-state index contributed by atoms with van der Waals surface area (Å²) in [7, 11) is 1.81. The summed E-state index contributed by atoms with van der Waals surface area (Å²) in [6.45, 7) is 4.02. The van der Waals surface area contributed by atoms with E-state index in [2.05, 4.69) is 20.9 Å². The third kappa shape index (κ3) is 12.5. The highest BCUT2D eigenvalue weighted by molar-refractivity contribution is 7.98. The summed E-state index contributed by atoms with van der Waals surface area (Å²) in [4.78, 5) is 65.3. The molecule has 0 saturated carbocycles. The van der Waals surface area contributed by atoms with Gasteiger partial charge in [0, 0.05) is 32.6 Å². The van der Waals surface area contributed by atoms with E-state index in [4.69, 9.17) is 5.11 Å². The number of rotatable bonds is 21. The van der Waals surface area contributed by atoms with Gasteiger partial charge in [0.15, 0.2) is 0 Å². The van der Waals surface area contributed by atoms with Crippen molar-refractivity contribution < 1.29 is 39.3 Å². The van der Waals surface area contributed by atoms with Gasteiger partial charge in [-0.1, -0.05) is 44.2 Å². The first kappa shape index (κ1) is 37.3. The van der Waals surface area contributed by atoms with Crippen LogP contribution in [0.5, 0.6) is 0 Å². The van der Waals surface area contributed by atoms with Gasteiger partial charge in [-0.3, -0.25) is 24.5 Å². The van der Waals surface area contributed by atoms with Crippen LogP contribution in [-0.2, 0) is 50.4 Å². The summed E-state index contributed by atoms with van der Waals surface area (Å²) in [5.41, 5.74) is 1.59. The first-order valence-electron chi connectivity index (χ1n) is 14.9. The lowest BCUT2D eigenvalue weighted by Crippen LogP contribution is -2.56. The number of carbonyl (C=O) groups is 5. The number of aryl methyl sites for hydroxylation is 1. The Bertz CT molecular complexity index is 1290. The van der Waals surface area contributed by atoms with Crippen molar-refractivity contribution >= 4 is 41.5 Å². The van der Waals surface area contributed by atoms with E-state index in [1.165, 1.54) is 11.8 Å². The van der Waals surface area contributed by atoms with E-state index in [0.717, 1.165) is 11.3 Å². The maximum absolute atomic E-state index is 13.5. The number of aromatic nitrogens is 2. The summed E-state index contributed by atoms with van der Waals surface area (Å²) < 4.78 is 1.85. The number of aliphatic carboxylic acids is 3. The minimum absolute atomic E-state index is 0.159. The summed E-state index contributed by atoms with van der Waals surface area (Å²) in [5, 5.41) is 36.5. The molecule has 0 aliphatic heterocycles. The highest BCUT2D eigenvalue weighted by Crippen LogP contribution is 2.16. The Morgan fingerprint density at radius 3 is 2.18 bits per heavy atom. The minimum Gasteiger partial charge on any atom is -0.481 e. The number of carboxylic acid groups (broad SMARTS) is 3. The van der Waals surface area contributed by atoms with Crippen molar-refractivity contribution in [2.75, 3.05) is 12.0 Å². The van der Waals surface area contributed by atoms with Crippen molar-refractivity contribution in [3.05, 3.63) is 53.6 Å². The van der Waals surface area contributed by atoms with Crippen molar-refractivity contribution in [2.45, 2.75) is 77.0 Å². The van der Waals surface area contributed by atoms with Crippen molar-refractivity contribution in [3.63, 3.8) is 0 Å². The zero-order valence-corrected chi connectivity index (χ0v) is 27.0. The molecule has 1 unspecified atom stereocenters. The number of nitrogens with one attached hydrogen (secondary N) is 3. The number of hydrogen-bond acceptors (Lipinski definition) is 8. The fourth-order valence-electron chi connectivity index (χ4n) is 4.85. The molecule has 2 rings (SSSR count). The van der Waals surface area contributed by atoms with Crippen LogP contribution < -0.4 is 16.0 Å². The fraction of sp³-hybridized carbons (Fsp3) is 0.548. The molecule has 45 heavy (non-hydrogen) atoms. The Morgan fingerprint density at radius 2 is 1.60 bits per heavy atom. The molecule has 1 aromatic heterocycles. The summed E-state index contributed by atoms with van der Waals surface area (Å²) in [6, 6.07) is 6.39. The Labute approximate surface area is 267 Å². The van der Waals surface area contributed by atoms with E-state index in [0.29, 0.717) is 24.4 Å². The van der Waals surface area contributed by atoms with Crippen LogP contribution in [0.15, 0.2) is 36.5 Å². The van der Waals surface area contributed by atoms with Crippen molar-refractivity contribution in [1.29, 1.82) is 0 Å². The molecule has 2 aromatic rings. The van der Waals surface area contributed by atoms with E-state index in [-0.39, 0.29) is 31.7 Å². The average Bonchev–Trinajstić information content (AvgIpc) is 3.32. The molecule has 13 nitrogen and oxygen atoms in total. The Balaban J connectivity index is 2.10. The highest BCUT2D eigenvalue weighted by atomic mass is 32.2. The summed E-state index contributed by atoms with van der Waals surface area (Å²) in [6.07, 6.45) is 4.62. The lowest BCUT2D eigenvalue weighted by Gasteiger charge is -2.26. The Morgan fingerprint density at radius 1 is 0.933 bits per heavy atom. The van der Waals surface area contributed by atoms with E-state index in [9.17, 15) is 34.2 Å². The van der Waals surface area contributed by atoms with E-state index in [1.54, 1.807) is 6.20 Å². The van der Waals surface area contributed by atoms with Gasteiger partial charge in [0.2, 0.25) is 11.8 Å². The monoisotopic (exact) mass is 647 g/mol. The number of nitrogens with zero attached hydrogens (tertiary/aromatic N) is 2. The first-order valence-corrected chi connectivity index (χ1v) is 16.3. The number of amides is 2. The standard InChI is InChI=1S/C31H45N5O8S/c1-19(2)27(33-18-22-17-32-25(36(22)3)12-8-11-21(30(41)42)16-26(37)38)29(40)35-24(15-20-9-6-5-7-10-20)28(39)34-23(31(43)44)13-14-45-4/h5-7,9-10,17,19,21,23-24,27,33H,8,11-16,18H2,1-4H3,(H,34,39)(H,35,40)(H,37,38)(H,41,42)(H,43,44)/t21?,23-,24-,27-/m0/s1.